The average Bonchev–Trinajstić information content (AvgIpc) is 3.54. The number of aliphatic hydroxyl groups is 2. The molecule has 2 atom stereocenters. The lowest BCUT2D eigenvalue weighted by Gasteiger charge is -2.22. The summed E-state index contributed by atoms with van der Waals surface area (Å²) in [5.74, 6) is -0.0124. The van der Waals surface area contributed by atoms with Crippen molar-refractivity contribution in [1.29, 1.82) is 0 Å². The summed E-state index contributed by atoms with van der Waals surface area (Å²) in [6.07, 6.45) is 98.1. The highest BCUT2D eigenvalue weighted by Crippen LogP contribution is 2.19. The van der Waals surface area contributed by atoms with Crippen LogP contribution in [0.4, 0.5) is 0 Å². The van der Waals surface area contributed by atoms with Crippen molar-refractivity contribution >= 4 is 11.9 Å². The SMILES string of the molecule is CCCCCCCC/C=C\CCCCCCCCCCCC(=O)OCCCCCCCCCCCCC/C=C\C/C=C\CCCCCCCCCCCCCCCCCCCC(=O)NC(CO)C(O)CCCCCCCCCCCCCCCCC. The summed E-state index contributed by atoms with van der Waals surface area (Å²) in [7, 11) is 0. The lowest BCUT2D eigenvalue weighted by molar-refractivity contribution is -0.143. The maximum atomic E-state index is 12.5. The minimum Gasteiger partial charge on any atom is -0.466 e. The van der Waals surface area contributed by atoms with E-state index in [0.717, 1.165) is 44.9 Å². The monoisotopic (exact) mass is 1210 g/mol. The third-order valence-electron chi connectivity index (χ3n) is 18.4. The number of aliphatic hydroxyl groups excluding tert-OH is 2. The van der Waals surface area contributed by atoms with Gasteiger partial charge in [0, 0.05) is 12.8 Å². The number of rotatable bonds is 74. The molecule has 0 bridgehead atoms. The van der Waals surface area contributed by atoms with Crippen LogP contribution in [-0.4, -0.2) is 47.4 Å². The number of amides is 1. The summed E-state index contributed by atoms with van der Waals surface area (Å²) in [6, 6.07) is -0.540. The van der Waals surface area contributed by atoms with E-state index in [0.29, 0.717) is 25.9 Å². The van der Waals surface area contributed by atoms with Crippen LogP contribution in [0.3, 0.4) is 0 Å². The molecule has 0 radical (unpaired) electrons. The quantitative estimate of drug-likeness (QED) is 0.0320. The molecule has 6 heteroatoms. The number of unbranched alkanes of at least 4 members (excludes halogenated alkanes) is 57. The number of hydrogen-bond acceptors (Lipinski definition) is 5. The first-order chi connectivity index (χ1) is 42.5. The summed E-state index contributed by atoms with van der Waals surface area (Å²) in [5.41, 5.74) is 0. The van der Waals surface area contributed by atoms with Gasteiger partial charge < -0.3 is 20.3 Å². The average molecular weight is 1210 g/mol. The largest absolute Gasteiger partial charge is 0.466 e. The van der Waals surface area contributed by atoms with Crippen LogP contribution in [0, 0.1) is 0 Å². The Morgan fingerprint density at radius 2 is 0.581 bits per heavy atom. The number of carbonyl (C=O) groups excluding carboxylic acids is 2. The molecule has 0 fully saturated rings. The Bertz CT molecular complexity index is 1390. The molecule has 0 saturated carbocycles. The number of hydrogen-bond donors (Lipinski definition) is 3. The molecule has 0 aromatic heterocycles. The molecule has 3 N–H and O–H groups in total. The van der Waals surface area contributed by atoms with Gasteiger partial charge in [-0.25, -0.2) is 0 Å². The Morgan fingerprint density at radius 3 is 0.895 bits per heavy atom. The fourth-order valence-corrected chi connectivity index (χ4v) is 12.4. The van der Waals surface area contributed by atoms with Crippen molar-refractivity contribution in [2.24, 2.45) is 0 Å². The van der Waals surface area contributed by atoms with Gasteiger partial charge in [0.05, 0.1) is 25.4 Å². The molecule has 508 valence electrons. The van der Waals surface area contributed by atoms with Crippen LogP contribution in [-0.2, 0) is 14.3 Å². The molecule has 6 nitrogen and oxygen atoms in total. The van der Waals surface area contributed by atoms with Gasteiger partial charge in [0.15, 0.2) is 0 Å². The maximum absolute atomic E-state index is 12.5. The highest BCUT2D eigenvalue weighted by atomic mass is 16.5. The predicted octanol–water partition coefficient (Wildman–Crippen LogP) is 25.8. The molecule has 0 aromatic carbocycles. The van der Waals surface area contributed by atoms with Crippen molar-refractivity contribution in [2.75, 3.05) is 13.2 Å². The highest BCUT2D eigenvalue weighted by Gasteiger charge is 2.20. The molecule has 0 aliphatic carbocycles. The number of allylic oxidation sites excluding steroid dienone is 6. The van der Waals surface area contributed by atoms with Crippen LogP contribution >= 0.6 is 0 Å². The first-order valence-corrected chi connectivity index (χ1v) is 39.2. The Kier molecular flexibility index (Phi) is 73.9. The van der Waals surface area contributed by atoms with Crippen molar-refractivity contribution in [1.82, 2.24) is 5.32 Å². The Labute approximate surface area is 538 Å². The molecule has 1 amide bonds. The van der Waals surface area contributed by atoms with Gasteiger partial charge in [-0.2, -0.15) is 0 Å². The second-order valence-corrected chi connectivity index (χ2v) is 27.0. The maximum Gasteiger partial charge on any atom is 0.305 e. The highest BCUT2D eigenvalue weighted by molar-refractivity contribution is 5.76. The zero-order chi connectivity index (χ0) is 62.0. The van der Waals surface area contributed by atoms with E-state index < -0.39 is 12.1 Å². The van der Waals surface area contributed by atoms with Crippen LogP contribution in [0.1, 0.15) is 438 Å². The standard InChI is InChI=1S/C80H153NO5/c1-3-5-7-9-11-13-15-17-19-20-38-42-46-50-54-58-62-66-70-74-80(85)86-75-71-67-63-59-55-51-47-43-40-37-35-33-31-29-27-25-23-21-22-24-26-28-30-32-34-36-39-41-45-49-53-57-61-65-69-73-79(84)81-77(76-82)78(83)72-68-64-60-56-52-48-44-18-16-14-12-10-8-6-4-2/h17,19,23,25,29,31,77-78,82-83H,3-16,18,20-22,24,26-28,30,32-76H2,1-2H3,(H,81,84)/b19-17-,25-23-,31-29-. The molecule has 2 unspecified atom stereocenters. The summed E-state index contributed by atoms with van der Waals surface area (Å²) in [4.78, 5) is 24.6. The van der Waals surface area contributed by atoms with Gasteiger partial charge >= 0.3 is 5.97 Å². The van der Waals surface area contributed by atoms with E-state index >= 15 is 0 Å². The zero-order valence-electron chi connectivity index (χ0n) is 58.3. The molecular weight excluding hydrogens is 1050 g/mol. The van der Waals surface area contributed by atoms with Gasteiger partial charge in [0.25, 0.3) is 0 Å². The minimum atomic E-state index is -0.663. The fourth-order valence-electron chi connectivity index (χ4n) is 12.4. The Balaban J connectivity index is 3.35. The lowest BCUT2D eigenvalue weighted by Crippen LogP contribution is -2.45. The number of carbonyl (C=O) groups is 2. The van der Waals surface area contributed by atoms with E-state index in [2.05, 4.69) is 55.6 Å². The zero-order valence-corrected chi connectivity index (χ0v) is 58.3. The van der Waals surface area contributed by atoms with Crippen LogP contribution in [0.5, 0.6) is 0 Å². The van der Waals surface area contributed by atoms with Crippen molar-refractivity contribution in [3.05, 3.63) is 36.5 Å². The minimum absolute atomic E-state index is 0.0171. The van der Waals surface area contributed by atoms with Crippen LogP contribution in [0.2, 0.25) is 0 Å². The summed E-state index contributed by atoms with van der Waals surface area (Å²) in [5, 5.41) is 23.4. The van der Waals surface area contributed by atoms with Crippen LogP contribution in [0.15, 0.2) is 36.5 Å². The van der Waals surface area contributed by atoms with Crippen molar-refractivity contribution in [2.45, 2.75) is 450 Å². The van der Waals surface area contributed by atoms with Crippen molar-refractivity contribution in [3.8, 4) is 0 Å². The summed E-state index contributed by atoms with van der Waals surface area (Å²) < 4.78 is 5.51. The summed E-state index contributed by atoms with van der Waals surface area (Å²) in [6.45, 7) is 4.99. The van der Waals surface area contributed by atoms with Crippen LogP contribution < -0.4 is 5.32 Å². The van der Waals surface area contributed by atoms with Crippen LogP contribution in [0.25, 0.3) is 0 Å². The normalized spacial score (nSPS) is 12.7. The molecule has 0 aliphatic rings. The van der Waals surface area contributed by atoms with Gasteiger partial charge in [-0.1, -0.05) is 378 Å². The fraction of sp³-hybridized carbons (Fsp3) is 0.900. The van der Waals surface area contributed by atoms with Gasteiger partial charge in [-0.05, 0) is 83.5 Å². The van der Waals surface area contributed by atoms with E-state index in [1.165, 1.54) is 360 Å². The van der Waals surface area contributed by atoms with Gasteiger partial charge in [0.1, 0.15) is 0 Å². The molecular formula is C80H153NO5. The van der Waals surface area contributed by atoms with Crippen molar-refractivity contribution in [3.63, 3.8) is 0 Å². The molecule has 0 heterocycles. The number of nitrogens with one attached hydrogen (secondary N) is 1. The van der Waals surface area contributed by atoms with Gasteiger partial charge in [0.2, 0.25) is 5.91 Å². The number of esters is 1. The van der Waals surface area contributed by atoms with E-state index in [4.69, 9.17) is 4.74 Å². The molecule has 0 aliphatic heterocycles. The molecule has 86 heavy (non-hydrogen) atoms. The smallest absolute Gasteiger partial charge is 0.305 e. The topological polar surface area (TPSA) is 95.9 Å². The molecule has 0 saturated heterocycles. The van der Waals surface area contributed by atoms with E-state index in [1.54, 1.807) is 0 Å². The third kappa shape index (κ3) is 71.2. The lowest BCUT2D eigenvalue weighted by atomic mass is 10.0. The molecule has 0 spiro atoms. The molecule has 0 rings (SSSR count). The Morgan fingerprint density at radius 1 is 0.326 bits per heavy atom. The summed E-state index contributed by atoms with van der Waals surface area (Å²) >= 11 is 0. The molecule has 0 aromatic rings. The van der Waals surface area contributed by atoms with Gasteiger partial charge in [-0.15, -0.1) is 0 Å². The Hall–Kier alpha value is -1.92. The first kappa shape index (κ1) is 84.1. The first-order valence-electron chi connectivity index (χ1n) is 39.2. The second kappa shape index (κ2) is 75.5. The second-order valence-electron chi connectivity index (χ2n) is 27.0. The number of ether oxygens (including phenoxy) is 1. The predicted molar refractivity (Wildman–Crippen MR) is 379 cm³/mol. The third-order valence-corrected chi connectivity index (χ3v) is 18.4. The van der Waals surface area contributed by atoms with Gasteiger partial charge in [-0.3, -0.25) is 9.59 Å². The van der Waals surface area contributed by atoms with E-state index in [9.17, 15) is 19.8 Å². The van der Waals surface area contributed by atoms with E-state index in [-0.39, 0.29) is 18.5 Å². The van der Waals surface area contributed by atoms with E-state index in [1.807, 2.05) is 0 Å². The van der Waals surface area contributed by atoms with Crippen molar-refractivity contribution < 1.29 is 24.5 Å².